The Labute approximate surface area is 155 Å². The van der Waals surface area contributed by atoms with Gasteiger partial charge in [-0.3, -0.25) is 0 Å². The third kappa shape index (κ3) is 3.92. The van der Waals surface area contributed by atoms with Gasteiger partial charge in [0.2, 0.25) is 10.0 Å². The number of ether oxygens (including phenoxy) is 2. The summed E-state index contributed by atoms with van der Waals surface area (Å²) in [7, 11) is -1.98. The molecule has 0 aromatic heterocycles. The predicted octanol–water partition coefficient (Wildman–Crippen LogP) is 2.94. The molecule has 6 heteroatoms. The van der Waals surface area contributed by atoms with Crippen LogP contribution in [0.1, 0.15) is 16.7 Å². The molecule has 1 atom stereocenters. The predicted molar refractivity (Wildman–Crippen MR) is 101 cm³/mol. The number of hydrogen-bond donors (Lipinski definition) is 0. The summed E-state index contributed by atoms with van der Waals surface area (Å²) in [5.41, 5.74) is 2.65. The molecular weight excluding hydrogens is 350 g/mol. The Morgan fingerprint density at radius 2 is 1.88 bits per heavy atom. The number of morpholine rings is 1. The molecule has 0 spiro atoms. The van der Waals surface area contributed by atoms with E-state index in [0.717, 1.165) is 11.1 Å². The highest BCUT2D eigenvalue weighted by molar-refractivity contribution is 7.89. The number of nitrogens with zero attached hydrogens (tertiary/aromatic N) is 1. The fraction of sp³-hybridized carbons (Fsp3) is 0.400. The Kier molecular flexibility index (Phi) is 5.65. The molecule has 0 radical (unpaired) electrons. The van der Waals surface area contributed by atoms with E-state index in [9.17, 15) is 8.42 Å². The number of benzene rings is 2. The molecule has 1 aliphatic rings. The van der Waals surface area contributed by atoms with E-state index in [1.54, 1.807) is 30.5 Å². The van der Waals surface area contributed by atoms with Crippen LogP contribution in [0.15, 0.2) is 47.4 Å². The van der Waals surface area contributed by atoms with Gasteiger partial charge < -0.3 is 9.47 Å². The van der Waals surface area contributed by atoms with Crippen molar-refractivity contribution in [3.8, 4) is 5.75 Å². The first kappa shape index (κ1) is 18.9. The van der Waals surface area contributed by atoms with Crippen LogP contribution >= 0.6 is 0 Å². The van der Waals surface area contributed by atoms with Crippen LogP contribution in [0.25, 0.3) is 0 Å². The van der Waals surface area contributed by atoms with E-state index in [0.29, 0.717) is 42.3 Å². The van der Waals surface area contributed by atoms with E-state index in [1.807, 2.05) is 37.3 Å². The summed E-state index contributed by atoms with van der Waals surface area (Å²) < 4.78 is 39.0. The van der Waals surface area contributed by atoms with Gasteiger partial charge in [-0.1, -0.05) is 30.3 Å². The van der Waals surface area contributed by atoms with Gasteiger partial charge in [-0.15, -0.1) is 0 Å². The summed E-state index contributed by atoms with van der Waals surface area (Å²) in [5.74, 6) is 0.699. The molecule has 2 aromatic rings. The zero-order valence-electron chi connectivity index (χ0n) is 15.4. The molecule has 26 heavy (non-hydrogen) atoms. The summed E-state index contributed by atoms with van der Waals surface area (Å²) in [5, 5.41) is 0. The number of rotatable bonds is 5. The lowest BCUT2D eigenvalue weighted by molar-refractivity contribution is -0.000506. The van der Waals surface area contributed by atoms with Crippen LogP contribution < -0.4 is 4.74 Å². The molecule has 1 fully saturated rings. The second-order valence-electron chi connectivity index (χ2n) is 6.63. The van der Waals surface area contributed by atoms with Gasteiger partial charge in [-0.2, -0.15) is 4.31 Å². The molecule has 3 rings (SSSR count). The van der Waals surface area contributed by atoms with Gasteiger partial charge in [0.05, 0.1) is 24.7 Å². The summed E-state index contributed by atoms with van der Waals surface area (Å²) in [6.45, 7) is 4.80. The van der Waals surface area contributed by atoms with E-state index in [1.165, 1.54) is 0 Å². The number of hydrogen-bond acceptors (Lipinski definition) is 4. The molecule has 0 aliphatic carbocycles. The lowest BCUT2D eigenvalue weighted by Crippen LogP contribution is -2.46. The van der Waals surface area contributed by atoms with Crippen LogP contribution in [0.4, 0.5) is 0 Å². The highest BCUT2D eigenvalue weighted by atomic mass is 32.2. The maximum atomic E-state index is 13.2. The third-order valence-electron chi connectivity index (χ3n) is 4.72. The SMILES string of the molecule is COc1cc(C)c(S(=O)(=O)N2CCOC(Cc3ccccc3)C2)cc1C. The topological polar surface area (TPSA) is 55.8 Å². The van der Waals surface area contributed by atoms with Crippen molar-refractivity contribution < 1.29 is 17.9 Å². The van der Waals surface area contributed by atoms with Gasteiger partial charge in [0, 0.05) is 13.1 Å². The Morgan fingerprint density at radius 3 is 2.58 bits per heavy atom. The molecule has 0 bridgehead atoms. The molecule has 0 saturated carbocycles. The van der Waals surface area contributed by atoms with Gasteiger partial charge >= 0.3 is 0 Å². The molecule has 1 saturated heterocycles. The van der Waals surface area contributed by atoms with Gasteiger partial charge in [0.25, 0.3) is 0 Å². The zero-order chi connectivity index (χ0) is 18.7. The smallest absolute Gasteiger partial charge is 0.243 e. The van der Waals surface area contributed by atoms with Gasteiger partial charge in [0.1, 0.15) is 5.75 Å². The minimum absolute atomic E-state index is 0.138. The lowest BCUT2D eigenvalue weighted by atomic mass is 10.1. The lowest BCUT2D eigenvalue weighted by Gasteiger charge is -2.32. The van der Waals surface area contributed by atoms with Gasteiger partial charge in [-0.05, 0) is 49.1 Å². The Morgan fingerprint density at radius 1 is 1.15 bits per heavy atom. The highest BCUT2D eigenvalue weighted by Crippen LogP contribution is 2.28. The summed E-state index contributed by atoms with van der Waals surface area (Å²) >= 11 is 0. The van der Waals surface area contributed by atoms with Crippen molar-refractivity contribution in [3.63, 3.8) is 0 Å². The van der Waals surface area contributed by atoms with Crippen LogP contribution in [0.2, 0.25) is 0 Å². The summed E-state index contributed by atoms with van der Waals surface area (Å²) in [6, 6.07) is 13.5. The molecule has 1 unspecified atom stereocenters. The van der Waals surface area contributed by atoms with E-state index in [2.05, 4.69) is 0 Å². The maximum Gasteiger partial charge on any atom is 0.243 e. The average Bonchev–Trinajstić information content (AvgIpc) is 2.64. The van der Waals surface area contributed by atoms with Crippen LogP contribution in [0.5, 0.6) is 5.75 Å². The standard InChI is InChI=1S/C20H25NO4S/c1-15-12-20(16(2)11-19(15)24-3)26(22,23)21-9-10-25-18(14-21)13-17-7-5-4-6-8-17/h4-8,11-12,18H,9-10,13-14H2,1-3H3. The van der Waals surface area contributed by atoms with Crippen LogP contribution in [0.3, 0.4) is 0 Å². The van der Waals surface area contributed by atoms with Crippen LogP contribution in [-0.2, 0) is 21.2 Å². The van der Waals surface area contributed by atoms with Crippen molar-refractivity contribution in [1.29, 1.82) is 0 Å². The minimum atomic E-state index is -3.57. The molecule has 140 valence electrons. The van der Waals surface area contributed by atoms with Gasteiger partial charge in [0.15, 0.2) is 0 Å². The summed E-state index contributed by atoms with van der Waals surface area (Å²) in [6.07, 6.45) is 0.564. The van der Waals surface area contributed by atoms with Crippen molar-refractivity contribution in [1.82, 2.24) is 4.31 Å². The second-order valence-corrected chi connectivity index (χ2v) is 8.54. The molecule has 1 aliphatic heterocycles. The molecule has 5 nitrogen and oxygen atoms in total. The van der Waals surface area contributed by atoms with Crippen molar-refractivity contribution in [2.75, 3.05) is 26.8 Å². The second kappa shape index (κ2) is 7.78. The zero-order valence-corrected chi connectivity index (χ0v) is 16.3. The fourth-order valence-electron chi connectivity index (χ4n) is 3.31. The number of aryl methyl sites for hydroxylation is 2. The Hall–Kier alpha value is -1.89. The van der Waals surface area contributed by atoms with Crippen molar-refractivity contribution >= 4 is 10.0 Å². The number of sulfonamides is 1. The van der Waals surface area contributed by atoms with E-state index >= 15 is 0 Å². The first-order valence-corrected chi connectivity index (χ1v) is 10.2. The van der Waals surface area contributed by atoms with E-state index < -0.39 is 10.0 Å². The minimum Gasteiger partial charge on any atom is -0.496 e. The monoisotopic (exact) mass is 375 g/mol. The molecule has 0 N–H and O–H groups in total. The van der Waals surface area contributed by atoms with Crippen LogP contribution in [0, 0.1) is 13.8 Å². The Balaban J connectivity index is 1.82. The number of methoxy groups -OCH3 is 1. The average molecular weight is 375 g/mol. The quantitative estimate of drug-likeness (QED) is 0.806. The Bertz CT molecular complexity index is 865. The maximum absolute atomic E-state index is 13.2. The highest BCUT2D eigenvalue weighted by Gasteiger charge is 2.32. The van der Waals surface area contributed by atoms with E-state index in [4.69, 9.17) is 9.47 Å². The molecular formula is C20H25NO4S. The van der Waals surface area contributed by atoms with Gasteiger partial charge in [-0.25, -0.2) is 8.42 Å². The van der Waals surface area contributed by atoms with E-state index in [-0.39, 0.29) is 6.10 Å². The van der Waals surface area contributed by atoms with Crippen molar-refractivity contribution in [2.24, 2.45) is 0 Å². The molecule has 2 aromatic carbocycles. The largest absolute Gasteiger partial charge is 0.496 e. The third-order valence-corrected chi connectivity index (χ3v) is 6.73. The fourth-order valence-corrected chi connectivity index (χ4v) is 5.06. The molecule has 0 amide bonds. The first-order valence-electron chi connectivity index (χ1n) is 8.72. The molecule has 1 heterocycles. The van der Waals surface area contributed by atoms with Crippen molar-refractivity contribution in [3.05, 3.63) is 59.2 Å². The normalized spacial score (nSPS) is 18.7. The first-order chi connectivity index (χ1) is 12.4. The van der Waals surface area contributed by atoms with Crippen LogP contribution in [-0.4, -0.2) is 45.6 Å². The van der Waals surface area contributed by atoms with Crippen molar-refractivity contribution in [2.45, 2.75) is 31.3 Å². The summed E-state index contributed by atoms with van der Waals surface area (Å²) in [4.78, 5) is 0.344.